The second kappa shape index (κ2) is 3.83. The van der Waals surface area contributed by atoms with E-state index in [9.17, 15) is 4.79 Å². The molecule has 0 saturated carbocycles. The molecule has 0 spiro atoms. The van der Waals surface area contributed by atoms with Crippen molar-refractivity contribution in [3.8, 4) is 6.07 Å². The zero-order valence-electron chi connectivity index (χ0n) is 5.84. The number of nitrogens with zero attached hydrogens (tertiary/aromatic N) is 1. The molecule has 0 aliphatic rings. The lowest BCUT2D eigenvalue weighted by molar-refractivity contribution is 0.112. The SMILES string of the molecule is N#Cc1cc(C=O)cc(Br)c1Br. The summed E-state index contributed by atoms with van der Waals surface area (Å²) in [6.45, 7) is 0. The first kappa shape index (κ1) is 9.43. The van der Waals surface area contributed by atoms with Gasteiger partial charge in [0.15, 0.2) is 0 Å². The third kappa shape index (κ3) is 1.74. The average molecular weight is 289 g/mol. The third-order valence-corrected chi connectivity index (χ3v) is 3.32. The Bertz CT molecular complexity index is 368. The normalized spacial score (nSPS) is 9.08. The highest BCUT2D eigenvalue weighted by atomic mass is 79.9. The highest BCUT2D eigenvalue weighted by Gasteiger charge is 2.05. The van der Waals surface area contributed by atoms with Gasteiger partial charge in [-0.3, -0.25) is 4.79 Å². The number of aldehydes is 1. The number of hydrogen-bond donors (Lipinski definition) is 0. The molecule has 0 atom stereocenters. The Morgan fingerprint density at radius 1 is 1.42 bits per heavy atom. The molecule has 0 radical (unpaired) electrons. The Kier molecular flexibility index (Phi) is 3.01. The molecule has 0 aliphatic heterocycles. The Balaban J connectivity index is 3.41. The van der Waals surface area contributed by atoms with E-state index < -0.39 is 0 Å². The van der Waals surface area contributed by atoms with Crippen LogP contribution in [0.15, 0.2) is 21.1 Å². The molecule has 4 heteroatoms. The highest BCUT2D eigenvalue weighted by Crippen LogP contribution is 2.27. The number of carbonyl (C=O) groups excluding carboxylic acids is 1. The summed E-state index contributed by atoms with van der Waals surface area (Å²) in [5.41, 5.74) is 0.938. The van der Waals surface area contributed by atoms with Crippen molar-refractivity contribution in [2.75, 3.05) is 0 Å². The van der Waals surface area contributed by atoms with Gasteiger partial charge in [0.1, 0.15) is 12.4 Å². The van der Waals surface area contributed by atoms with Crippen LogP contribution in [0, 0.1) is 11.3 Å². The second-order valence-electron chi connectivity index (χ2n) is 2.09. The molecule has 1 aromatic carbocycles. The van der Waals surface area contributed by atoms with Gasteiger partial charge in [-0.1, -0.05) is 0 Å². The van der Waals surface area contributed by atoms with Gasteiger partial charge < -0.3 is 0 Å². The number of halogens is 2. The van der Waals surface area contributed by atoms with Crippen LogP contribution in [0.2, 0.25) is 0 Å². The van der Waals surface area contributed by atoms with Crippen LogP contribution in [-0.2, 0) is 0 Å². The molecule has 0 N–H and O–H groups in total. The van der Waals surface area contributed by atoms with Crippen molar-refractivity contribution in [1.29, 1.82) is 5.26 Å². The minimum Gasteiger partial charge on any atom is -0.298 e. The minimum absolute atomic E-state index is 0.450. The number of nitriles is 1. The Morgan fingerprint density at radius 3 is 2.58 bits per heavy atom. The zero-order chi connectivity index (χ0) is 9.14. The van der Waals surface area contributed by atoms with Gasteiger partial charge >= 0.3 is 0 Å². The molecule has 0 bridgehead atoms. The van der Waals surface area contributed by atoms with E-state index in [2.05, 4.69) is 31.9 Å². The van der Waals surface area contributed by atoms with Gasteiger partial charge in [-0.05, 0) is 44.0 Å². The van der Waals surface area contributed by atoms with Crippen molar-refractivity contribution in [3.05, 3.63) is 32.2 Å². The predicted octanol–water partition coefficient (Wildman–Crippen LogP) is 2.90. The summed E-state index contributed by atoms with van der Waals surface area (Å²) in [6, 6.07) is 5.16. The van der Waals surface area contributed by atoms with E-state index >= 15 is 0 Å². The fourth-order valence-corrected chi connectivity index (χ4v) is 1.55. The standard InChI is InChI=1S/C8H3Br2NO/c9-7-2-5(4-12)1-6(3-11)8(7)10/h1-2,4H. The van der Waals surface area contributed by atoms with E-state index in [4.69, 9.17) is 5.26 Å². The van der Waals surface area contributed by atoms with Gasteiger partial charge in [-0.25, -0.2) is 0 Å². The van der Waals surface area contributed by atoms with Gasteiger partial charge in [0.2, 0.25) is 0 Å². The summed E-state index contributed by atoms with van der Waals surface area (Å²) in [7, 11) is 0. The number of rotatable bonds is 1. The van der Waals surface area contributed by atoms with Crippen LogP contribution in [0.4, 0.5) is 0 Å². The van der Waals surface area contributed by atoms with Gasteiger partial charge in [0, 0.05) is 14.5 Å². The van der Waals surface area contributed by atoms with Crippen LogP contribution >= 0.6 is 31.9 Å². The summed E-state index contributed by atoms with van der Waals surface area (Å²) < 4.78 is 1.39. The van der Waals surface area contributed by atoms with Gasteiger partial charge in [-0.15, -0.1) is 0 Å². The van der Waals surface area contributed by atoms with Crippen LogP contribution in [0.5, 0.6) is 0 Å². The molecule has 0 aliphatic carbocycles. The summed E-state index contributed by atoms with van der Waals surface area (Å²) in [5.74, 6) is 0. The summed E-state index contributed by atoms with van der Waals surface area (Å²) in [6.07, 6.45) is 0.706. The molecule has 0 amide bonds. The molecule has 0 unspecified atom stereocenters. The van der Waals surface area contributed by atoms with E-state index in [-0.39, 0.29) is 0 Å². The first-order valence-corrected chi connectivity index (χ1v) is 4.62. The smallest absolute Gasteiger partial charge is 0.150 e. The summed E-state index contributed by atoms with van der Waals surface area (Å²) in [5, 5.41) is 8.65. The Morgan fingerprint density at radius 2 is 2.08 bits per heavy atom. The number of hydrogen-bond acceptors (Lipinski definition) is 2. The molecule has 2 nitrogen and oxygen atoms in total. The van der Waals surface area contributed by atoms with E-state index in [0.29, 0.717) is 26.4 Å². The lowest BCUT2D eigenvalue weighted by atomic mass is 10.1. The van der Waals surface area contributed by atoms with Crippen molar-refractivity contribution >= 4 is 38.1 Å². The maximum atomic E-state index is 10.4. The van der Waals surface area contributed by atoms with Crippen LogP contribution in [0.3, 0.4) is 0 Å². The maximum absolute atomic E-state index is 10.4. The number of benzene rings is 1. The zero-order valence-corrected chi connectivity index (χ0v) is 9.02. The molecule has 1 aromatic rings. The van der Waals surface area contributed by atoms with Gasteiger partial charge in [0.05, 0.1) is 5.56 Å². The van der Waals surface area contributed by atoms with Crippen LogP contribution in [-0.4, -0.2) is 6.29 Å². The van der Waals surface area contributed by atoms with E-state index in [1.54, 1.807) is 6.07 Å². The fraction of sp³-hybridized carbons (Fsp3) is 0. The van der Waals surface area contributed by atoms with Crippen molar-refractivity contribution < 1.29 is 4.79 Å². The van der Waals surface area contributed by atoms with E-state index in [0.717, 1.165) is 0 Å². The molecule has 12 heavy (non-hydrogen) atoms. The maximum Gasteiger partial charge on any atom is 0.150 e. The molecule has 0 fully saturated rings. The molecular formula is C8H3Br2NO. The van der Waals surface area contributed by atoms with Gasteiger partial charge in [0.25, 0.3) is 0 Å². The Labute approximate surface area is 86.5 Å². The van der Waals surface area contributed by atoms with Crippen LogP contribution in [0.25, 0.3) is 0 Å². The molecule has 0 saturated heterocycles. The minimum atomic E-state index is 0.450. The molecule has 0 heterocycles. The third-order valence-electron chi connectivity index (χ3n) is 1.31. The quantitative estimate of drug-likeness (QED) is 0.746. The monoisotopic (exact) mass is 287 g/mol. The largest absolute Gasteiger partial charge is 0.298 e. The lowest BCUT2D eigenvalue weighted by Gasteiger charge is -1.99. The predicted molar refractivity (Wildman–Crippen MR) is 51.9 cm³/mol. The molecule has 1 rings (SSSR count). The van der Waals surface area contributed by atoms with Crippen LogP contribution in [0.1, 0.15) is 15.9 Å². The highest BCUT2D eigenvalue weighted by molar-refractivity contribution is 9.13. The molecule has 0 aromatic heterocycles. The average Bonchev–Trinajstić information content (AvgIpc) is 2.09. The van der Waals surface area contributed by atoms with Crippen molar-refractivity contribution in [1.82, 2.24) is 0 Å². The summed E-state index contributed by atoms with van der Waals surface area (Å²) >= 11 is 6.44. The van der Waals surface area contributed by atoms with Crippen molar-refractivity contribution in [3.63, 3.8) is 0 Å². The Hall–Kier alpha value is -0.660. The fourth-order valence-electron chi connectivity index (χ4n) is 0.759. The lowest BCUT2D eigenvalue weighted by Crippen LogP contribution is -1.85. The van der Waals surface area contributed by atoms with E-state index in [1.165, 1.54) is 6.07 Å². The summed E-state index contributed by atoms with van der Waals surface area (Å²) in [4.78, 5) is 10.4. The second-order valence-corrected chi connectivity index (χ2v) is 3.74. The van der Waals surface area contributed by atoms with Crippen LogP contribution < -0.4 is 0 Å². The molecular weight excluding hydrogens is 286 g/mol. The first-order chi connectivity index (χ1) is 5.69. The topological polar surface area (TPSA) is 40.9 Å². The van der Waals surface area contributed by atoms with Crippen molar-refractivity contribution in [2.24, 2.45) is 0 Å². The van der Waals surface area contributed by atoms with Crippen molar-refractivity contribution in [2.45, 2.75) is 0 Å². The first-order valence-electron chi connectivity index (χ1n) is 3.03. The molecule has 60 valence electrons. The van der Waals surface area contributed by atoms with E-state index in [1.807, 2.05) is 6.07 Å². The number of carbonyl (C=O) groups is 1. The van der Waals surface area contributed by atoms with Gasteiger partial charge in [-0.2, -0.15) is 5.26 Å².